The number of thiocarbonyl (C=S) groups is 1. The molecule has 0 aromatic heterocycles. The molecule has 3 rings (SSSR count). The van der Waals surface area contributed by atoms with Crippen molar-refractivity contribution in [2.75, 3.05) is 4.90 Å². The molecule has 1 saturated heterocycles. The second kappa shape index (κ2) is 7.03. The normalized spacial score (nSPS) is 16.2. The van der Waals surface area contributed by atoms with Crippen molar-refractivity contribution in [2.24, 2.45) is 0 Å². The van der Waals surface area contributed by atoms with E-state index in [2.05, 4.69) is 0 Å². The van der Waals surface area contributed by atoms with E-state index in [0.29, 0.717) is 5.56 Å². The van der Waals surface area contributed by atoms with Crippen molar-refractivity contribution in [1.82, 2.24) is 0 Å². The maximum absolute atomic E-state index is 12.9. The minimum Gasteiger partial charge on any atom is -0.505 e. The largest absolute Gasteiger partial charge is 0.505 e. The number of carbonyl (C=O) groups is 1. The number of phenolic OH excluding ortho intramolecular Hbond substituents is 1. The van der Waals surface area contributed by atoms with E-state index in [-0.39, 0.29) is 32.4 Å². The zero-order valence-electron chi connectivity index (χ0n) is 13.1. The van der Waals surface area contributed by atoms with Gasteiger partial charge in [0.15, 0.2) is 11.5 Å². The lowest BCUT2D eigenvalue weighted by molar-refractivity contribution is -0.137. The van der Waals surface area contributed by atoms with Gasteiger partial charge in [0, 0.05) is 0 Å². The molecule has 1 aliphatic rings. The van der Waals surface area contributed by atoms with Gasteiger partial charge in [-0.1, -0.05) is 29.3 Å². The zero-order valence-corrected chi connectivity index (χ0v) is 15.4. The summed E-state index contributed by atoms with van der Waals surface area (Å²) >= 11 is 16.6. The second-order valence-corrected chi connectivity index (χ2v) is 6.56. The second-order valence-electron chi connectivity index (χ2n) is 5.40. The van der Waals surface area contributed by atoms with Gasteiger partial charge in [-0.2, -0.15) is 13.2 Å². The highest BCUT2D eigenvalue weighted by atomic mass is 35.5. The predicted molar refractivity (Wildman–Crippen MR) is 98.7 cm³/mol. The molecule has 1 heterocycles. The van der Waals surface area contributed by atoms with Crippen LogP contribution in [0, 0.1) is 0 Å². The number of hydrogen-bond acceptors (Lipinski definition) is 4. The van der Waals surface area contributed by atoms with Crippen molar-refractivity contribution in [2.45, 2.75) is 6.18 Å². The summed E-state index contributed by atoms with van der Waals surface area (Å²) in [5.74, 6) is -1.30. The Hall–Kier alpha value is -2.29. The maximum Gasteiger partial charge on any atom is 0.416 e. The number of rotatable bonds is 2. The fraction of sp³-hybridized carbons (Fsp3) is 0.0588. The zero-order chi connectivity index (χ0) is 19.9. The number of aromatic hydroxyl groups is 1. The van der Waals surface area contributed by atoms with E-state index >= 15 is 0 Å². The quantitative estimate of drug-likeness (QED) is 0.508. The highest BCUT2D eigenvalue weighted by Crippen LogP contribution is 2.36. The summed E-state index contributed by atoms with van der Waals surface area (Å²) in [4.78, 5) is 13.4. The molecule has 0 radical (unpaired) electrons. The molecule has 1 aliphatic heterocycles. The van der Waals surface area contributed by atoms with Crippen LogP contribution in [0.2, 0.25) is 10.0 Å². The number of halogens is 5. The Kier molecular flexibility index (Phi) is 5.07. The van der Waals surface area contributed by atoms with E-state index in [1.807, 2.05) is 0 Å². The average Bonchev–Trinajstić information content (AvgIpc) is 2.85. The minimum atomic E-state index is -4.57. The fourth-order valence-corrected chi connectivity index (χ4v) is 3.11. The Morgan fingerprint density at radius 1 is 1.15 bits per heavy atom. The summed E-state index contributed by atoms with van der Waals surface area (Å²) in [5.41, 5.74) is -0.671. The van der Waals surface area contributed by atoms with Gasteiger partial charge in [0.1, 0.15) is 0 Å². The van der Waals surface area contributed by atoms with Crippen LogP contribution in [0.25, 0.3) is 6.08 Å². The Morgan fingerprint density at radius 3 is 2.37 bits per heavy atom. The summed E-state index contributed by atoms with van der Waals surface area (Å²) in [6.45, 7) is 0. The molecule has 2 aromatic rings. The highest BCUT2D eigenvalue weighted by molar-refractivity contribution is 7.80. The first-order valence-electron chi connectivity index (χ1n) is 7.21. The van der Waals surface area contributed by atoms with E-state index in [4.69, 9.17) is 40.2 Å². The SMILES string of the molecule is O=C1C(=Cc2cc(Cl)c(O)c(Cl)c2)OC(=S)N1c1cccc(C(F)(F)F)c1. The van der Waals surface area contributed by atoms with Gasteiger partial charge in [-0.25, -0.2) is 4.90 Å². The number of benzene rings is 2. The first-order valence-corrected chi connectivity index (χ1v) is 8.37. The molecule has 0 saturated carbocycles. The number of nitrogens with zero attached hydrogens (tertiary/aromatic N) is 1. The van der Waals surface area contributed by atoms with Crippen LogP contribution in [-0.2, 0) is 15.7 Å². The molecule has 1 N–H and O–H groups in total. The van der Waals surface area contributed by atoms with Crippen LogP contribution >= 0.6 is 35.4 Å². The van der Waals surface area contributed by atoms with Gasteiger partial charge in [0.25, 0.3) is 5.17 Å². The first-order chi connectivity index (χ1) is 12.6. The lowest BCUT2D eigenvalue weighted by atomic mass is 10.1. The summed E-state index contributed by atoms with van der Waals surface area (Å²) in [7, 11) is 0. The molecular weight excluding hydrogens is 426 g/mol. The maximum atomic E-state index is 12.9. The highest BCUT2D eigenvalue weighted by Gasteiger charge is 2.37. The summed E-state index contributed by atoms with van der Waals surface area (Å²) in [6, 6.07) is 6.82. The third-order valence-corrected chi connectivity index (χ3v) is 4.40. The van der Waals surface area contributed by atoms with Crippen molar-refractivity contribution in [3.05, 3.63) is 63.3 Å². The molecule has 1 amide bonds. The number of hydrogen-bond donors (Lipinski definition) is 1. The molecule has 140 valence electrons. The van der Waals surface area contributed by atoms with Gasteiger partial charge < -0.3 is 9.84 Å². The molecule has 0 aliphatic carbocycles. The van der Waals surface area contributed by atoms with Crippen molar-refractivity contribution < 1.29 is 27.8 Å². The van der Waals surface area contributed by atoms with E-state index in [1.165, 1.54) is 24.3 Å². The summed E-state index contributed by atoms with van der Waals surface area (Å²) in [6.07, 6.45) is -3.31. The molecule has 0 unspecified atom stereocenters. The van der Waals surface area contributed by atoms with Crippen molar-refractivity contribution >= 4 is 58.3 Å². The molecular formula is C17H8Cl2F3NO3S. The average molecular weight is 434 g/mol. The van der Waals surface area contributed by atoms with Crippen LogP contribution in [0.3, 0.4) is 0 Å². The molecule has 0 spiro atoms. The van der Waals surface area contributed by atoms with Gasteiger partial charge >= 0.3 is 12.1 Å². The molecule has 0 atom stereocenters. The molecule has 0 bridgehead atoms. The van der Waals surface area contributed by atoms with E-state index in [0.717, 1.165) is 23.1 Å². The third kappa shape index (κ3) is 3.87. The van der Waals surface area contributed by atoms with Gasteiger partial charge in [-0.15, -0.1) is 0 Å². The summed E-state index contributed by atoms with van der Waals surface area (Å²) < 4.78 is 43.9. The summed E-state index contributed by atoms with van der Waals surface area (Å²) in [5, 5.41) is 9.16. The topological polar surface area (TPSA) is 49.8 Å². The van der Waals surface area contributed by atoms with Crippen molar-refractivity contribution in [3.8, 4) is 5.75 Å². The minimum absolute atomic E-state index is 0.0443. The van der Waals surface area contributed by atoms with Crippen LogP contribution < -0.4 is 4.90 Å². The molecule has 27 heavy (non-hydrogen) atoms. The molecule has 4 nitrogen and oxygen atoms in total. The van der Waals surface area contributed by atoms with Crippen molar-refractivity contribution in [3.63, 3.8) is 0 Å². The van der Waals surface area contributed by atoms with Gasteiger partial charge in [0.05, 0.1) is 21.3 Å². The number of alkyl halides is 3. The number of anilines is 1. The Bertz CT molecular complexity index is 969. The molecule has 2 aromatic carbocycles. The lowest BCUT2D eigenvalue weighted by Crippen LogP contribution is -2.28. The Balaban J connectivity index is 1.97. The fourth-order valence-electron chi connectivity index (χ4n) is 2.33. The van der Waals surface area contributed by atoms with Crippen molar-refractivity contribution in [1.29, 1.82) is 0 Å². The third-order valence-electron chi connectivity index (χ3n) is 3.56. The molecule has 10 heteroatoms. The van der Waals surface area contributed by atoms with E-state index < -0.39 is 17.6 Å². The van der Waals surface area contributed by atoms with Crippen LogP contribution in [0.4, 0.5) is 18.9 Å². The van der Waals surface area contributed by atoms with Crippen LogP contribution in [-0.4, -0.2) is 16.2 Å². The van der Waals surface area contributed by atoms with E-state index in [1.54, 1.807) is 0 Å². The lowest BCUT2D eigenvalue weighted by Gasteiger charge is -2.14. The van der Waals surface area contributed by atoms with Crippen LogP contribution in [0.1, 0.15) is 11.1 Å². The molecule has 1 fully saturated rings. The van der Waals surface area contributed by atoms with Gasteiger partial charge in [0.2, 0.25) is 0 Å². The van der Waals surface area contributed by atoms with Gasteiger partial charge in [-0.3, -0.25) is 4.79 Å². The number of amides is 1. The number of ether oxygens (including phenoxy) is 1. The number of phenols is 1. The Labute approximate surface area is 166 Å². The monoisotopic (exact) mass is 433 g/mol. The first kappa shape index (κ1) is 19.5. The standard InChI is InChI=1S/C17H8Cl2F3NO3S/c18-11-4-8(5-12(19)14(11)24)6-13-15(25)23(16(27)26-13)10-3-1-2-9(7-10)17(20,21)22/h1-7,24H. The number of carbonyl (C=O) groups excluding carboxylic acids is 1. The smallest absolute Gasteiger partial charge is 0.416 e. The van der Waals surface area contributed by atoms with Crippen LogP contribution in [0.15, 0.2) is 42.2 Å². The Morgan fingerprint density at radius 2 is 1.78 bits per heavy atom. The predicted octanol–water partition coefficient (Wildman–Crippen LogP) is 5.41. The van der Waals surface area contributed by atoms with E-state index in [9.17, 15) is 23.1 Å². The van der Waals surface area contributed by atoms with Crippen LogP contribution in [0.5, 0.6) is 5.75 Å². The van der Waals surface area contributed by atoms with Gasteiger partial charge in [-0.05, 0) is 54.2 Å².